The molecule has 1 unspecified atom stereocenters. The first-order valence-electron chi connectivity index (χ1n) is 7.52. The summed E-state index contributed by atoms with van der Waals surface area (Å²) in [4.78, 5) is 16.4. The van der Waals surface area contributed by atoms with Gasteiger partial charge in [0.2, 0.25) is 0 Å². The standard InChI is InChI=1S/C16H14F3NO2S/c17-16(18,19)15(3-4-15)10-1-2-11-8(6-10)5-9-7-12(14(21)22)23-13(9)20-11/h5,7,10H,1-4,6H2,(H,21,22). The molecule has 122 valence electrons. The molecule has 2 aliphatic carbocycles. The molecular weight excluding hydrogens is 327 g/mol. The summed E-state index contributed by atoms with van der Waals surface area (Å²) in [6.07, 6.45) is -2.25. The van der Waals surface area contributed by atoms with E-state index in [2.05, 4.69) is 4.98 Å². The van der Waals surface area contributed by atoms with Crippen LogP contribution in [0.5, 0.6) is 0 Å². The second kappa shape index (κ2) is 4.69. The summed E-state index contributed by atoms with van der Waals surface area (Å²) in [6, 6.07) is 3.38. The van der Waals surface area contributed by atoms with Crippen LogP contribution in [0, 0.1) is 11.3 Å². The number of pyridine rings is 1. The molecule has 1 saturated carbocycles. The number of fused-ring (bicyclic) bond motifs is 2. The Balaban J connectivity index is 1.69. The molecule has 0 radical (unpaired) electrons. The molecule has 4 rings (SSSR count). The van der Waals surface area contributed by atoms with Crippen LogP contribution < -0.4 is 0 Å². The van der Waals surface area contributed by atoms with E-state index in [4.69, 9.17) is 5.11 Å². The molecule has 0 aromatic carbocycles. The van der Waals surface area contributed by atoms with Crippen LogP contribution in [0.3, 0.4) is 0 Å². The Morgan fingerprint density at radius 3 is 2.70 bits per heavy atom. The van der Waals surface area contributed by atoms with E-state index in [-0.39, 0.29) is 23.6 Å². The van der Waals surface area contributed by atoms with Crippen molar-refractivity contribution in [2.45, 2.75) is 38.3 Å². The van der Waals surface area contributed by atoms with Gasteiger partial charge in [-0.05, 0) is 55.7 Å². The molecule has 2 aromatic heterocycles. The zero-order valence-electron chi connectivity index (χ0n) is 12.1. The number of halogens is 3. The van der Waals surface area contributed by atoms with E-state index in [1.807, 2.05) is 6.07 Å². The Labute approximate surface area is 134 Å². The summed E-state index contributed by atoms with van der Waals surface area (Å²) in [5.74, 6) is -1.38. The number of carbonyl (C=O) groups is 1. The lowest BCUT2D eigenvalue weighted by molar-refractivity contribution is -0.204. The first-order valence-corrected chi connectivity index (χ1v) is 8.34. The van der Waals surface area contributed by atoms with Crippen molar-refractivity contribution in [3.05, 3.63) is 28.3 Å². The van der Waals surface area contributed by atoms with Crippen LogP contribution in [-0.4, -0.2) is 22.2 Å². The summed E-state index contributed by atoms with van der Waals surface area (Å²) in [5, 5.41) is 9.77. The minimum atomic E-state index is -4.13. The fraction of sp³-hybridized carbons (Fsp3) is 0.500. The van der Waals surface area contributed by atoms with Gasteiger partial charge in [0.25, 0.3) is 0 Å². The van der Waals surface area contributed by atoms with Crippen molar-refractivity contribution in [1.29, 1.82) is 0 Å². The van der Waals surface area contributed by atoms with E-state index < -0.39 is 17.6 Å². The van der Waals surface area contributed by atoms with E-state index in [1.165, 1.54) is 0 Å². The van der Waals surface area contributed by atoms with Gasteiger partial charge in [0.1, 0.15) is 9.71 Å². The molecule has 2 aromatic rings. The van der Waals surface area contributed by atoms with E-state index in [0.717, 1.165) is 22.6 Å². The lowest BCUT2D eigenvalue weighted by Gasteiger charge is -2.32. The molecule has 23 heavy (non-hydrogen) atoms. The molecule has 3 nitrogen and oxygen atoms in total. The third-order valence-electron chi connectivity index (χ3n) is 5.22. The van der Waals surface area contributed by atoms with Gasteiger partial charge in [0.05, 0.1) is 5.41 Å². The largest absolute Gasteiger partial charge is 0.477 e. The summed E-state index contributed by atoms with van der Waals surface area (Å²) < 4.78 is 40.0. The average molecular weight is 341 g/mol. The van der Waals surface area contributed by atoms with Gasteiger partial charge < -0.3 is 5.11 Å². The van der Waals surface area contributed by atoms with Crippen molar-refractivity contribution < 1.29 is 23.1 Å². The zero-order chi connectivity index (χ0) is 16.4. The fourth-order valence-corrected chi connectivity index (χ4v) is 4.63. The van der Waals surface area contributed by atoms with Crippen LogP contribution in [0.4, 0.5) is 13.2 Å². The molecule has 1 fully saturated rings. The van der Waals surface area contributed by atoms with Crippen molar-refractivity contribution in [3.63, 3.8) is 0 Å². The number of carboxylic acids is 1. The minimum Gasteiger partial charge on any atom is -0.477 e. The Kier molecular flexibility index (Phi) is 3.04. The first-order chi connectivity index (χ1) is 10.8. The Morgan fingerprint density at radius 1 is 1.35 bits per heavy atom. The number of alkyl halides is 3. The number of thiophene rings is 1. The number of aromatic nitrogens is 1. The smallest absolute Gasteiger partial charge is 0.394 e. The number of aromatic carboxylic acids is 1. The van der Waals surface area contributed by atoms with Gasteiger partial charge in [-0.2, -0.15) is 13.2 Å². The van der Waals surface area contributed by atoms with E-state index >= 15 is 0 Å². The predicted molar refractivity (Wildman–Crippen MR) is 79.8 cm³/mol. The summed E-state index contributed by atoms with van der Waals surface area (Å²) in [7, 11) is 0. The summed E-state index contributed by atoms with van der Waals surface area (Å²) in [6.45, 7) is 0. The maximum atomic E-state index is 13.3. The van der Waals surface area contributed by atoms with E-state index in [1.54, 1.807) is 6.07 Å². The highest BCUT2D eigenvalue weighted by Gasteiger charge is 2.66. The van der Waals surface area contributed by atoms with Crippen molar-refractivity contribution in [1.82, 2.24) is 4.98 Å². The van der Waals surface area contributed by atoms with Gasteiger partial charge in [0.15, 0.2) is 0 Å². The predicted octanol–water partition coefficient (Wildman–Crippen LogP) is 4.44. The van der Waals surface area contributed by atoms with Gasteiger partial charge in [0, 0.05) is 11.1 Å². The molecule has 1 atom stereocenters. The van der Waals surface area contributed by atoms with E-state index in [9.17, 15) is 18.0 Å². The molecule has 2 aliphatic rings. The van der Waals surface area contributed by atoms with Crippen LogP contribution in [0.2, 0.25) is 0 Å². The molecule has 0 spiro atoms. The SMILES string of the molecule is O=C(O)c1cc2cc3c(nc2s1)CCC(C1(C(F)(F)F)CC1)C3. The minimum absolute atomic E-state index is 0.209. The maximum Gasteiger partial charge on any atom is 0.394 e. The normalized spacial score (nSPS) is 22.8. The van der Waals surface area contributed by atoms with Gasteiger partial charge in [-0.15, -0.1) is 11.3 Å². The highest BCUT2D eigenvalue weighted by molar-refractivity contribution is 7.20. The number of aryl methyl sites for hydroxylation is 1. The Hall–Kier alpha value is -1.63. The quantitative estimate of drug-likeness (QED) is 0.878. The van der Waals surface area contributed by atoms with Gasteiger partial charge in [-0.25, -0.2) is 9.78 Å². The molecular formula is C16H14F3NO2S. The van der Waals surface area contributed by atoms with Crippen molar-refractivity contribution in [2.24, 2.45) is 11.3 Å². The maximum absolute atomic E-state index is 13.3. The van der Waals surface area contributed by atoms with Crippen LogP contribution >= 0.6 is 11.3 Å². The second-order valence-electron chi connectivity index (χ2n) is 6.50. The summed E-state index contributed by atoms with van der Waals surface area (Å²) >= 11 is 1.11. The van der Waals surface area contributed by atoms with Gasteiger partial charge >= 0.3 is 12.1 Å². The Bertz CT molecular complexity index is 807. The van der Waals surface area contributed by atoms with Crippen LogP contribution in [-0.2, 0) is 12.8 Å². The molecule has 1 N–H and O–H groups in total. The fourth-order valence-electron chi connectivity index (χ4n) is 3.76. The van der Waals surface area contributed by atoms with Crippen LogP contribution in [0.1, 0.15) is 40.2 Å². The highest BCUT2D eigenvalue weighted by Crippen LogP contribution is 2.64. The lowest BCUT2D eigenvalue weighted by Crippen LogP contribution is -2.35. The third-order valence-corrected chi connectivity index (χ3v) is 6.25. The molecule has 0 aliphatic heterocycles. The summed E-state index contributed by atoms with van der Waals surface area (Å²) in [5.41, 5.74) is 0.171. The highest BCUT2D eigenvalue weighted by atomic mass is 32.1. The first kappa shape index (κ1) is 14.9. The molecule has 0 bridgehead atoms. The third kappa shape index (κ3) is 2.24. The number of nitrogens with zero attached hydrogens (tertiary/aromatic N) is 1. The second-order valence-corrected chi connectivity index (χ2v) is 7.53. The topological polar surface area (TPSA) is 50.2 Å². The van der Waals surface area contributed by atoms with E-state index in [0.29, 0.717) is 29.5 Å². The Morgan fingerprint density at radius 2 is 2.09 bits per heavy atom. The molecule has 2 heterocycles. The number of hydrogen-bond donors (Lipinski definition) is 1. The zero-order valence-corrected chi connectivity index (χ0v) is 12.9. The lowest BCUT2D eigenvalue weighted by atomic mass is 9.76. The number of carboxylic acid groups (broad SMARTS) is 1. The average Bonchev–Trinajstić information content (AvgIpc) is 3.19. The van der Waals surface area contributed by atoms with Crippen LogP contribution in [0.15, 0.2) is 12.1 Å². The van der Waals surface area contributed by atoms with Crippen molar-refractivity contribution >= 4 is 27.5 Å². The molecule has 0 saturated heterocycles. The number of hydrogen-bond acceptors (Lipinski definition) is 3. The van der Waals surface area contributed by atoms with Gasteiger partial charge in [-0.3, -0.25) is 0 Å². The van der Waals surface area contributed by atoms with Crippen LogP contribution in [0.25, 0.3) is 10.2 Å². The monoisotopic (exact) mass is 341 g/mol. The molecule has 0 amide bonds. The molecule has 7 heteroatoms. The number of rotatable bonds is 2. The van der Waals surface area contributed by atoms with Crippen molar-refractivity contribution in [3.8, 4) is 0 Å². The van der Waals surface area contributed by atoms with Gasteiger partial charge in [-0.1, -0.05) is 0 Å². The van der Waals surface area contributed by atoms with Crippen molar-refractivity contribution in [2.75, 3.05) is 0 Å².